The average molecular weight is 317 g/mol. The standard InChI is InChI=1S/C15H10F3N5/c1-10-7-22-23(9-10)14-3-2-12(15(16,17)18)4-13(14)21-8-11(5-19)6-20/h2-4,7-9,21H,1H3. The zero-order chi connectivity index (χ0) is 17.0. The van der Waals surface area contributed by atoms with E-state index in [1.807, 2.05) is 0 Å². The molecule has 1 aromatic carbocycles. The Morgan fingerprint density at radius 3 is 2.52 bits per heavy atom. The van der Waals surface area contributed by atoms with Crippen molar-refractivity contribution in [3.63, 3.8) is 0 Å². The van der Waals surface area contributed by atoms with E-state index in [1.54, 1.807) is 31.5 Å². The highest BCUT2D eigenvalue weighted by atomic mass is 19.4. The average Bonchev–Trinajstić information content (AvgIpc) is 2.93. The molecule has 0 unspecified atom stereocenters. The van der Waals surface area contributed by atoms with Crippen LogP contribution in [0.3, 0.4) is 0 Å². The first-order valence-corrected chi connectivity index (χ1v) is 6.35. The minimum absolute atomic E-state index is 0.0749. The summed E-state index contributed by atoms with van der Waals surface area (Å²) in [6.45, 7) is 1.80. The van der Waals surface area contributed by atoms with Gasteiger partial charge in [0.25, 0.3) is 0 Å². The number of rotatable bonds is 3. The Balaban J connectivity index is 2.52. The molecule has 1 heterocycles. The molecule has 0 atom stereocenters. The van der Waals surface area contributed by atoms with Crippen molar-refractivity contribution in [3.05, 3.63) is 53.5 Å². The summed E-state index contributed by atoms with van der Waals surface area (Å²) in [6.07, 6.45) is -0.248. The molecular formula is C15H10F3N5. The van der Waals surface area contributed by atoms with Crippen molar-refractivity contribution >= 4 is 5.69 Å². The summed E-state index contributed by atoms with van der Waals surface area (Å²) in [5.74, 6) is 0. The summed E-state index contributed by atoms with van der Waals surface area (Å²) in [7, 11) is 0. The summed E-state index contributed by atoms with van der Waals surface area (Å²) >= 11 is 0. The number of hydrogen-bond donors (Lipinski definition) is 1. The van der Waals surface area contributed by atoms with E-state index in [4.69, 9.17) is 10.5 Å². The maximum absolute atomic E-state index is 12.9. The lowest BCUT2D eigenvalue weighted by Gasteiger charge is -2.13. The van der Waals surface area contributed by atoms with Gasteiger partial charge in [-0.15, -0.1) is 0 Å². The van der Waals surface area contributed by atoms with Crippen LogP contribution in [-0.4, -0.2) is 9.78 Å². The molecule has 0 aliphatic carbocycles. The van der Waals surface area contributed by atoms with Crippen LogP contribution in [0, 0.1) is 29.6 Å². The second-order valence-corrected chi connectivity index (χ2v) is 4.62. The molecule has 8 heteroatoms. The van der Waals surface area contributed by atoms with E-state index < -0.39 is 11.7 Å². The van der Waals surface area contributed by atoms with E-state index in [1.165, 1.54) is 10.7 Å². The van der Waals surface area contributed by atoms with Gasteiger partial charge in [-0.1, -0.05) is 0 Å². The normalized spacial score (nSPS) is 10.5. The minimum Gasteiger partial charge on any atom is -0.358 e. The molecule has 0 aliphatic rings. The van der Waals surface area contributed by atoms with Crippen molar-refractivity contribution in [1.29, 1.82) is 10.5 Å². The molecular weight excluding hydrogens is 307 g/mol. The van der Waals surface area contributed by atoms with E-state index in [-0.39, 0.29) is 11.3 Å². The fourth-order valence-electron chi connectivity index (χ4n) is 1.81. The van der Waals surface area contributed by atoms with Crippen LogP contribution in [0.4, 0.5) is 18.9 Å². The van der Waals surface area contributed by atoms with Gasteiger partial charge in [0.05, 0.1) is 23.1 Å². The van der Waals surface area contributed by atoms with Gasteiger partial charge in [-0.2, -0.15) is 28.8 Å². The number of nitrogens with one attached hydrogen (secondary N) is 1. The molecule has 0 bridgehead atoms. The van der Waals surface area contributed by atoms with Crippen molar-refractivity contribution in [2.45, 2.75) is 13.1 Å². The van der Waals surface area contributed by atoms with E-state index in [2.05, 4.69) is 10.4 Å². The zero-order valence-corrected chi connectivity index (χ0v) is 11.9. The molecule has 1 aromatic heterocycles. The maximum Gasteiger partial charge on any atom is 0.416 e. The Bertz CT molecular complexity index is 818. The molecule has 5 nitrogen and oxygen atoms in total. The molecule has 1 N–H and O–H groups in total. The van der Waals surface area contributed by atoms with Crippen molar-refractivity contribution in [2.75, 3.05) is 5.32 Å². The van der Waals surface area contributed by atoms with E-state index in [9.17, 15) is 13.2 Å². The van der Waals surface area contributed by atoms with Gasteiger partial charge in [0.15, 0.2) is 0 Å². The Morgan fingerprint density at radius 2 is 2.00 bits per heavy atom. The highest BCUT2D eigenvalue weighted by molar-refractivity contribution is 5.64. The smallest absolute Gasteiger partial charge is 0.358 e. The third-order valence-corrected chi connectivity index (χ3v) is 2.90. The predicted molar refractivity (Wildman–Crippen MR) is 76.2 cm³/mol. The molecule has 23 heavy (non-hydrogen) atoms. The van der Waals surface area contributed by atoms with E-state index in [0.29, 0.717) is 5.69 Å². The zero-order valence-electron chi connectivity index (χ0n) is 11.9. The Kier molecular flexibility index (Phi) is 4.37. The molecule has 0 fully saturated rings. The van der Waals surface area contributed by atoms with Crippen LogP contribution in [-0.2, 0) is 6.18 Å². The predicted octanol–water partition coefficient (Wildman–Crippen LogP) is 3.54. The van der Waals surface area contributed by atoms with Crippen molar-refractivity contribution in [1.82, 2.24) is 9.78 Å². The number of anilines is 1. The third-order valence-electron chi connectivity index (χ3n) is 2.90. The molecule has 116 valence electrons. The quantitative estimate of drug-likeness (QED) is 0.878. The number of halogens is 3. The number of nitriles is 2. The molecule has 2 aromatic rings. The minimum atomic E-state index is -4.51. The maximum atomic E-state index is 12.9. The topological polar surface area (TPSA) is 77.4 Å². The summed E-state index contributed by atoms with van der Waals surface area (Å²) in [5.41, 5.74) is 0.158. The van der Waals surface area contributed by atoms with Crippen LogP contribution in [0.15, 0.2) is 42.4 Å². The number of aryl methyl sites for hydroxylation is 1. The van der Waals surface area contributed by atoms with Crippen LogP contribution < -0.4 is 5.32 Å². The van der Waals surface area contributed by atoms with Gasteiger partial charge in [0.1, 0.15) is 17.7 Å². The van der Waals surface area contributed by atoms with Crippen molar-refractivity contribution in [2.24, 2.45) is 0 Å². The first-order chi connectivity index (χ1) is 10.8. The molecule has 2 rings (SSSR count). The summed E-state index contributed by atoms with van der Waals surface area (Å²) in [4.78, 5) is 0. The first kappa shape index (κ1) is 16.1. The molecule has 0 spiro atoms. The molecule has 0 amide bonds. The lowest BCUT2D eigenvalue weighted by atomic mass is 10.1. The van der Waals surface area contributed by atoms with E-state index >= 15 is 0 Å². The van der Waals surface area contributed by atoms with Crippen molar-refractivity contribution < 1.29 is 13.2 Å². The highest BCUT2D eigenvalue weighted by Gasteiger charge is 2.31. The fourth-order valence-corrected chi connectivity index (χ4v) is 1.81. The number of hydrogen-bond acceptors (Lipinski definition) is 4. The second-order valence-electron chi connectivity index (χ2n) is 4.62. The molecule has 0 aliphatic heterocycles. The third kappa shape index (κ3) is 3.69. The van der Waals surface area contributed by atoms with Gasteiger partial charge in [0, 0.05) is 12.4 Å². The van der Waals surface area contributed by atoms with Crippen LogP contribution in [0.5, 0.6) is 0 Å². The lowest BCUT2D eigenvalue weighted by Crippen LogP contribution is -2.08. The lowest BCUT2D eigenvalue weighted by molar-refractivity contribution is -0.137. The number of aromatic nitrogens is 2. The Labute approximate surface area is 129 Å². The van der Waals surface area contributed by atoms with Crippen LogP contribution in [0.25, 0.3) is 5.69 Å². The van der Waals surface area contributed by atoms with Crippen LogP contribution >= 0.6 is 0 Å². The van der Waals surface area contributed by atoms with Gasteiger partial charge in [-0.25, -0.2) is 4.68 Å². The monoisotopic (exact) mass is 317 g/mol. The van der Waals surface area contributed by atoms with Crippen LogP contribution in [0.1, 0.15) is 11.1 Å². The van der Waals surface area contributed by atoms with Gasteiger partial charge in [0.2, 0.25) is 0 Å². The molecule has 0 saturated carbocycles. The SMILES string of the molecule is Cc1cnn(-c2ccc(C(F)(F)F)cc2NC=C(C#N)C#N)c1. The van der Waals surface area contributed by atoms with Crippen LogP contribution in [0.2, 0.25) is 0 Å². The molecule has 0 saturated heterocycles. The number of nitrogens with zero attached hydrogens (tertiary/aromatic N) is 4. The van der Waals surface area contributed by atoms with Gasteiger partial charge >= 0.3 is 6.18 Å². The van der Waals surface area contributed by atoms with Crippen molar-refractivity contribution in [3.8, 4) is 17.8 Å². The first-order valence-electron chi connectivity index (χ1n) is 6.35. The summed E-state index contributed by atoms with van der Waals surface area (Å²) < 4.78 is 40.0. The number of allylic oxidation sites excluding steroid dienone is 1. The Morgan fingerprint density at radius 1 is 1.30 bits per heavy atom. The highest BCUT2D eigenvalue weighted by Crippen LogP contribution is 2.33. The van der Waals surface area contributed by atoms with Gasteiger partial charge < -0.3 is 5.32 Å². The number of alkyl halides is 3. The largest absolute Gasteiger partial charge is 0.416 e. The Hall–Kier alpha value is -3.26. The summed E-state index contributed by atoms with van der Waals surface area (Å²) in [5, 5.41) is 24.0. The molecule has 0 radical (unpaired) electrons. The fraction of sp³-hybridized carbons (Fsp3) is 0.133. The second kappa shape index (κ2) is 6.24. The van der Waals surface area contributed by atoms with E-state index in [0.717, 1.165) is 23.9 Å². The number of benzene rings is 1. The summed E-state index contributed by atoms with van der Waals surface area (Å²) in [6, 6.07) is 6.35. The van der Waals surface area contributed by atoms with Gasteiger partial charge in [-0.05, 0) is 30.7 Å². The van der Waals surface area contributed by atoms with Gasteiger partial charge in [-0.3, -0.25) is 0 Å².